The molecular formula is C39H47N3PrZr-2. The van der Waals surface area contributed by atoms with Crippen LogP contribution in [0.3, 0.4) is 0 Å². The number of benzene rings is 4. The van der Waals surface area contributed by atoms with Crippen LogP contribution in [0.25, 0.3) is 5.32 Å². The SMILES string of the molecule is CC(C)c1cccc(C(C)C)c1[N-][CH-]c1ccn(C)n1.[CH2-]c1ccccc1.[CH2-]c1ccccc1.[CH2-]c1ccccc1.[CH3-].[Pr].[Zr+4]. The fraction of sp³-hybridized carbons (Fsp3) is 0.179. The van der Waals surface area contributed by atoms with Crippen molar-refractivity contribution in [3.8, 4) is 0 Å². The molecule has 5 rings (SSSR count). The van der Waals surface area contributed by atoms with Crippen LogP contribution in [0.5, 0.6) is 0 Å². The summed E-state index contributed by atoms with van der Waals surface area (Å²) in [6, 6.07) is 38.1. The van der Waals surface area contributed by atoms with Gasteiger partial charge in [0.25, 0.3) is 0 Å². The quantitative estimate of drug-likeness (QED) is 0.163. The van der Waals surface area contributed by atoms with Crippen molar-refractivity contribution >= 4 is 5.69 Å². The first kappa shape index (κ1) is 43.7. The van der Waals surface area contributed by atoms with Crippen molar-refractivity contribution in [2.24, 2.45) is 7.05 Å². The maximum atomic E-state index is 4.73. The molecule has 3 nitrogen and oxygen atoms in total. The van der Waals surface area contributed by atoms with Gasteiger partial charge < -0.3 is 19.3 Å². The van der Waals surface area contributed by atoms with Gasteiger partial charge in [-0.05, 0) is 11.8 Å². The molecule has 0 N–H and O–H groups in total. The molecule has 0 unspecified atom stereocenters. The Labute approximate surface area is 321 Å². The molecule has 0 amide bonds. The minimum atomic E-state index is 0. The van der Waals surface area contributed by atoms with E-state index in [0.29, 0.717) is 11.8 Å². The molecule has 0 saturated heterocycles. The van der Waals surface area contributed by atoms with Gasteiger partial charge in [-0.25, -0.2) is 5.10 Å². The van der Waals surface area contributed by atoms with E-state index in [2.05, 4.69) is 71.8 Å². The van der Waals surface area contributed by atoms with Crippen LogP contribution in [0.2, 0.25) is 0 Å². The second kappa shape index (κ2) is 24.9. The zero-order chi connectivity index (χ0) is 30.0. The number of nitrogens with zero attached hydrogens (tertiary/aromatic N) is 3. The van der Waals surface area contributed by atoms with Gasteiger partial charge in [0.2, 0.25) is 0 Å². The summed E-state index contributed by atoms with van der Waals surface area (Å²) < 4.78 is 1.79. The van der Waals surface area contributed by atoms with Gasteiger partial charge in [0, 0.05) is 48.3 Å². The predicted octanol–water partition coefficient (Wildman–Crippen LogP) is 10.9. The van der Waals surface area contributed by atoms with E-state index in [1.165, 1.54) is 11.1 Å². The standard InChI is InChI=1S/C17H23N3.3C7H7.CH3.Pr.Zr/c1-12(2)15-7-6-8-16(13(3)4)17(15)18-11-14-9-10-20(5)19-14;3*1-7-5-3-2-4-6-7;;;/h6-13H,1-5H3;3*2-6H,1H2;1H3;;/q-2;4*-1;;+4. The molecule has 1 aromatic heterocycles. The number of para-hydroxylation sites is 1. The van der Waals surface area contributed by atoms with E-state index in [1.54, 1.807) is 4.68 Å². The topological polar surface area (TPSA) is 31.9 Å². The fourth-order valence-corrected chi connectivity index (χ4v) is 3.73. The minimum absolute atomic E-state index is 0. The van der Waals surface area contributed by atoms with Crippen LogP contribution in [0.4, 0.5) is 5.69 Å². The van der Waals surface area contributed by atoms with E-state index in [-0.39, 0.29) is 74.9 Å². The van der Waals surface area contributed by atoms with Crippen LogP contribution in [0.1, 0.15) is 73.0 Å². The molecule has 0 aliphatic carbocycles. The zero-order valence-electron chi connectivity index (χ0n) is 27.3. The summed E-state index contributed by atoms with van der Waals surface area (Å²) in [6.07, 6.45) is 1.93. The van der Waals surface area contributed by atoms with E-state index in [4.69, 9.17) is 5.32 Å². The summed E-state index contributed by atoms with van der Waals surface area (Å²) >= 11 is 0. The van der Waals surface area contributed by atoms with Crippen LogP contribution < -0.4 is 0 Å². The van der Waals surface area contributed by atoms with E-state index in [0.717, 1.165) is 28.1 Å². The van der Waals surface area contributed by atoms with Crippen molar-refractivity contribution in [1.29, 1.82) is 0 Å². The number of hydrogen-bond acceptors (Lipinski definition) is 1. The molecule has 1 heterocycles. The molecular weight excluding hydrogens is 743 g/mol. The first-order valence-electron chi connectivity index (χ1n) is 13.9. The molecule has 0 atom stereocenters. The average Bonchev–Trinajstić information content (AvgIpc) is 3.39. The number of aromatic nitrogens is 2. The Kier molecular flexibility index (Phi) is 24.7. The Morgan fingerprint density at radius 1 is 0.614 bits per heavy atom. The van der Waals surface area contributed by atoms with Gasteiger partial charge in [-0.15, -0.1) is 42.1 Å². The molecule has 227 valence electrons. The van der Waals surface area contributed by atoms with Crippen LogP contribution in [0, 0.1) is 76.0 Å². The smallest absolute Gasteiger partial charge is 0.747 e. The van der Waals surface area contributed by atoms with Gasteiger partial charge in [-0.3, -0.25) is 4.68 Å². The summed E-state index contributed by atoms with van der Waals surface area (Å²) in [7, 11) is 1.92. The largest absolute Gasteiger partial charge is 4.00 e. The van der Waals surface area contributed by atoms with Crippen molar-refractivity contribution in [2.75, 3.05) is 0 Å². The monoisotopic (exact) mass is 788 g/mol. The Hall–Kier alpha value is -2.38. The molecule has 0 aliphatic rings. The molecule has 0 spiro atoms. The molecule has 5 aromatic rings. The van der Waals surface area contributed by atoms with Gasteiger partial charge in [0.1, 0.15) is 0 Å². The van der Waals surface area contributed by atoms with Crippen molar-refractivity contribution in [2.45, 2.75) is 39.5 Å². The Bertz CT molecular complexity index is 1250. The summed E-state index contributed by atoms with van der Waals surface area (Å²) in [4.78, 5) is 0. The van der Waals surface area contributed by atoms with Crippen LogP contribution >= 0.6 is 0 Å². The maximum absolute atomic E-state index is 4.73. The third-order valence-corrected chi connectivity index (χ3v) is 5.93. The molecule has 44 heavy (non-hydrogen) atoms. The molecule has 0 saturated carbocycles. The third kappa shape index (κ3) is 17.8. The van der Waals surface area contributed by atoms with Crippen molar-refractivity contribution in [3.05, 3.63) is 195 Å². The first-order chi connectivity index (χ1) is 19.7. The van der Waals surface area contributed by atoms with Gasteiger partial charge in [-0.2, -0.15) is 79.9 Å². The molecule has 5 heteroatoms. The third-order valence-electron chi connectivity index (χ3n) is 5.93. The summed E-state index contributed by atoms with van der Waals surface area (Å²) in [6.45, 7) is 21.8. The van der Waals surface area contributed by atoms with Gasteiger partial charge >= 0.3 is 26.2 Å². The second-order valence-corrected chi connectivity index (χ2v) is 10.2. The van der Waals surface area contributed by atoms with Crippen LogP contribution in [-0.2, 0) is 33.3 Å². The number of hydrogen-bond donors (Lipinski definition) is 0. The number of rotatable bonds is 5. The minimum Gasteiger partial charge on any atom is -0.747 e. The Morgan fingerprint density at radius 2 is 0.977 bits per heavy atom. The summed E-state index contributed by atoms with van der Waals surface area (Å²) in [5.74, 6) is 0.925. The van der Waals surface area contributed by atoms with E-state index in [1.807, 2.05) is 117 Å². The van der Waals surface area contributed by atoms with E-state index >= 15 is 0 Å². The zero-order valence-corrected chi connectivity index (χ0v) is 33.5. The van der Waals surface area contributed by atoms with Crippen LogP contribution in [-0.4, -0.2) is 9.78 Å². The number of aryl methyl sites for hydroxylation is 1. The van der Waals surface area contributed by atoms with Gasteiger partial charge in [0.15, 0.2) is 0 Å². The fourth-order valence-electron chi connectivity index (χ4n) is 3.73. The normalized spacial score (nSPS) is 9.16. The second-order valence-electron chi connectivity index (χ2n) is 10.2. The summed E-state index contributed by atoms with van der Waals surface area (Å²) in [5, 5.41) is 9.07. The molecule has 0 fully saturated rings. The van der Waals surface area contributed by atoms with Crippen LogP contribution in [0.15, 0.2) is 121 Å². The van der Waals surface area contributed by atoms with Crippen molar-refractivity contribution in [1.82, 2.24) is 9.78 Å². The summed E-state index contributed by atoms with van der Waals surface area (Å²) in [5.41, 5.74) is 7.79. The Balaban J connectivity index is 0. The maximum Gasteiger partial charge on any atom is 4.00 e. The van der Waals surface area contributed by atoms with Gasteiger partial charge in [0.05, 0.1) is 0 Å². The first-order valence-corrected chi connectivity index (χ1v) is 13.9. The predicted molar refractivity (Wildman–Crippen MR) is 183 cm³/mol. The molecule has 0 aliphatic heterocycles. The molecule has 4 aromatic carbocycles. The molecule has 1 radical (unpaired) electrons. The molecule has 0 bridgehead atoms. The average molecular weight is 790 g/mol. The Morgan fingerprint density at radius 3 is 1.23 bits per heavy atom. The van der Waals surface area contributed by atoms with Crippen molar-refractivity contribution < 1.29 is 67.5 Å². The van der Waals surface area contributed by atoms with Crippen molar-refractivity contribution in [3.63, 3.8) is 0 Å². The van der Waals surface area contributed by atoms with Gasteiger partial charge in [-0.1, -0.05) is 87.1 Å². The van der Waals surface area contributed by atoms with E-state index < -0.39 is 0 Å². The van der Waals surface area contributed by atoms with E-state index in [9.17, 15) is 0 Å².